The van der Waals surface area contributed by atoms with Gasteiger partial charge in [0.05, 0.1) is 4.92 Å². The van der Waals surface area contributed by atoms with Crippen molar-refractivity contribution in [2.45, 2.75) is 25.0 Å². The van der Waals surface area contributed by atoms with Crippen LogP contribution in [0.5, 0.6) is 0 Å². The molecule has 0 unspecified atom stereocenters. The molecule has 2 heterocycles. The fourth-order valence-corrected chi connectivity index (χ4v) is 2.55. The van der Waals surface area contributed by atoms with Gasteiger partial charge in [-0.25, -0.2) is 15.0 Å². The van der Waals surface area contributed by atoms with E-state index in [2.05, 4.69) is 25.3 Å². The molecule has 0 aliphatic heterocycles. The topological polar surface area (TPSA) is 107 Å². The first-order chi connectivity index (χ1) is 10.6. The summed E-state index contributed by atoms with van der Waals surface area (Å²) in [4.78, 5) is 26.5. The molecule has 116 valence electrons. The van der Waals surface area contributed by atoms with Crippen molar-refractivity contribution in [3.05, 3.63) is 39.6 Å². The molecule has 2 rings (SSSR count). The lowest BCUT2D eigenvalue weighted by molar-refractivity contribution is -0.384. The van der Waals surface area contributed by atoms with E-state index < -0.39 is 4.92 Å². The molecule has 0 aromatic carbocycles. The fourth-order valence-electron chi connectivity index (χ4n) is 1.56. The number of nitro groups is 1. The molecular weight excluding hydrogens is 328 g/mol. The van der Waals surface area contributed by atoms with E-state index in [1.54, 1.807) is 12.4 Å². The third-order valence-electron chi connectivity index (χ3n) is 2.51. The molecule has 0 atom stereocenters. The Morgan fingerprint density at radius 2 is 2.09 bits per heavy atom. The average molecular weight is 341 g/mol. The van der Waals surface area contributed by atoms with E-state index in [1.165, 1.54) is 18.1 Å². The van der Waals surface area contributed by atoms with Crippen LogP contribution in [-0.2, 0) is 6.54 Å². The fraction of sp³-hybridized carbons (Fsp3) is 0.333. The summed E-state index contributed by atoms with van der Waals surface area (Å²) in [5.41, 5.74) is 0.439. The van der Waals surface area contributed by atoms with Crippen molar-refractivity contribution in [1.29, 1.82) is 0 Å². The van der Waals surface area contributed by atoms with Crippen LogP contribution < -0.4 is 5.32 Å². The molecule has 0 saturated heterocycles. The molecule has 0 aliphatic rings. The van der Waals surface area contributed by atoms with Crippen LogP contribution >= 0.6 is 23.4 Å². The number of rotatable bonds is 7. The van der Waals surface area contributed by atoms with E-state index >= 15 is 0 Å². The maximum atomic E-state index is 11.1. The molecule has 0 aliphatic carbocycles. The number of hydrogen-bond donors (Lipinski definition) is 1. The summed E-state index contributed by atoms with van der Waals surface area (Å²) in [5, 5.41) is 14.3. The first-order valence-corrected chi connectivity index (χ1v) is 7.80. The minimum Gasteiger partial charge on any atom is -0.360 e. The highest BCUT2D eigenvalue weighted by molar-refractivity contribution is 7.99. The van der Waals surface area contributed by atoms with Crippen molar-refractivity contribution in [2.24, 2.45) is 0 Å². The lowest BCUT2D eigenvalue weighted by atomic mass is 10.3. The molecular formula is C12H13ClN6O2S. The standard InChI is InChI=1S/C12H13ClN6O2S/c1-2-3-22-12-17-10(13)9(19(20)21)11(18-12)16-6-8-4-14-7-15-5-8/h4-5,7H,2-3,6H2,1H3,(H,16,17,18). The van der Waals surface area contributed by atoms with E-state index in [4.69, 9.17) is 11.6 Å². The normalized spacial score (nSPS) is 10.5. The first-order valence-electron chi connectivity index (χ1n) is 6.44. The lowest BCUT2D eigenvalue weighted by Crippen LogP contribution is -2.07. The Morgan fingerprint density at radius 3 is 2.73 bits per heavy atom. The van der Waals surface area contributed by atoms with E-state index in [-0.39, 0.29) is 16.7 Å². The second-order valence-electron chi connectivity index (χ2n) is 4.20. The molecule has 0 spiro atoms. The Hall–Kier alpha value is -2.00. The summed E-state index contributed by atoms with van der Waals surface area (Å²) in [7, 11) is 0. The first kappa shape index (κ1) is 16.4. The predicted octanol–water partition coefficient (Wildman–Crippen LogP) is 2.94. The van der Waals surface area contributed by atoms with Crippen molar-refractivity contribution in [3.8, 4) is 0 Å². The van der Waals surface area contributed by atoms with Gasteiger partial charge in [-0.3, -0.25) is 10.1 Å². The second kappa shape index (κ2) is 7.85. The highest BCUT2D eigenvalue weighted by atomic mass is 35.5. The van der Waals surface area contributed by atoms with Gasteiger partial charge in [-0.15, -0.1) is 0 Å². The molecule has 0 fully saturated rings. The summed E-state index contributed by atoms with van der Waals surface area (Å²) in [5.74, 6) is 0.896. The molecule has 0 amide bonds. The van der Waals surface area contributed by atoms with Gasteiger partial charge in [0.2, 0.25) is 11.0 Å². The van der Waals surface area contributed by atoms with Crippen molar-refractivity contribution in [1.82, 2.24) is 19.9 Å². The maximum absolute atomic E-state index is 11.1. The van der Waals surface area contributed by atoms with Crippen LogP contribution in [0.4, 0.5) is 11.5 Å². The lowest BCUT2D eigenvalue weighted by Gasteiger charge is -2.08. The third-order valence-corrected chi connectivity index (χ3v) is 3.83. The number of nitrogens with zero attached hydrogens (tertiary/aromatic N) is 5. The summed E-state index contributed by atoms with van der Waals surface area (Å²) >= 11 is 7.32. The molecule has 2 aromatic rings. The Morgan fingerprint density at radius 1 is 1.36 bits per heavy atom. The number of thioether (sulfide) groups is 1. The van der Waals surface area contributed by atoms with Crippen molar-refractivity contribution < 1.29 is 4.92 Å². The van der Waals surface area contributed by atoms with Crippen LogP contribution in [-0.4, -0.2) is 30.6 Å². The quantitative estimate of drug-likeness (QED) is 0.269. The highest BCUT2D eigenvalue weighted by Gasteiger charge is 2.23. The highest BCUT2D eigenvalue weighted by Crippen LogP contribution is 2.32. The zero-order valence-electron chi connectivity index (χ0n) is 11.7. The minimum absolute atomic E-state index is 0.0902. The molecule has 2 aromatic heterocycles. The van der Waals surface area contributed by atoms with Crippen molar-refractivity contribution >= 4 is 34.9 Å². The van der Waals surface area contributed by atoms with Gasteiger partial charge >= 0.3 is 5.69 Å². The van der Waals surface area contributed by atoms with Crippen LogP contribution in [0.1, 0.15) is 18.9 Å². The van der Waals surface area contributed by atoms with Crippen LogP contribution in [0, 0.1) is 10.1 Å². The van der Waals surface area contributed by atoms with E-state index in [9.17, 15) is 10.1 Å². The van der Waals surface area contributed by atoms with Crippen molar-refractivity contribution in [2.75, 3.05) is 11.1 Å². The number of anilines is 1. The monoisotopic (exact) mass is 340 g/mol. The van der Waals surface area contributed by atoms with Crippen LogP contribution in [0.25, 0.3) is 0 Å². The Balaban J connectivity index is 2.25. The minimum atomic E-state index is -0.597. The van der Waals surface area contributed by atoms with Gasteiger partial charge in [-0.1, -0.05) is 30.3 Å². The van der Waals surface area contributed by atoms with E-state index in [0.717, 1.165) is 17.7 Å². The van der Waals surface area contributed by atoms with E-state index in [1.807, 2.05) is 6.92 Å². The zero-order valence-corrected chi connectivity index (χ0v) is 13.3. The van der Waals surface area contributed by atoms with Crippen LogP contribution in [0.3, 0.4) is 0 Å². The smallest absolute Gasteiger partial charge is 0.348 e. The molecule has 0 bridgehead atoms. The largest absolute Gasteiger partial charge is 0.360 e. The number of aromatic nitrogens is 4. The van der Waals surface area contributed by atoms with E-state index in [0.29, 0.717) is 11.7 Å². The summed E-state index contributed by atoms with van der Waals surface area (Å²) < 4.78 is 0. The summed E-state index contributed by atoms with van der Waals surface area (Å²) in [6.07, 6.45) is 5.57. The predicted molar refractivity (Wildman–Crippen MR) is 84.1 cm³/mol. The number of halogens is 1. The van der Waals surface area contributed by atoms with Crippen molar-refractivity contribution in [3.63, 3.8) is 0 Å². The van der Waals surface area contributed by atoms with Gasteiger partial charge in [0, 0.05) is 30.3 Å². The molecule has 0 saturated carbocycles. The van der Waals surface area contributed by atoms with Gasteiger partial charge < -0.3 is 5.32 Å². The van der Waals surface area contributed by atoms with Gasteiger partial charge in [0.25, 0.3) is 0 Å². The summed E-state index contributed by atoms with van der Waals surface area (Å²) in [6.45, 7) is 2.32. The average Bonchev–Trinajstić information content (AvgIpc) is 2.51. The molecule has 8 nitrogen and oxygen atoms in total. The van der Waals surface area contributed by atoms with Gasteiger partial charge in [0.15, 0.2) is 5.16 Å². The maximum Gasteiger partial charge on any atom is 0.348 e. The second-order valence-corrected chi connectivity index (χ2v) is 5.62. The van der Waals surface area contributed by atoms with Gasteiger partial charge in [-0.2, -0.15) is 4.98 Å². The van der Waals surface area contributed by atoms with Gasteiger partial charge in [0.1, 0.15) is 6.33 Å². The molecule has 0 radical (unpaired) electrons. The SMILES string of the molecule is CCCSc1nc(Cl)c([N+](=O)[O-])c(NCc2cncnc2)n1. The number of nitrogens with one attached hydrogen (secondary N) is 1. The van der Waals surface area contributed by atoms with Crippen LogP contribution in [0.15, 0.2) is 23.9 Å². The zero-order chi connectivity index (χ0) is 15.9. The molecule has 10 heteroatoms. The Kier molecular flexibility index (Phi) is 5.84. The molecule has 22 heavy (non-hydrogen) atoms. The Bertz CT molecular complexity index is 658. The molecule has 1 N–H and O–H groups in total. The Labute approximate surface area is 135 Å². The summed E-state index contributed by atoms with van der Waals surface area (Å²) in [6, 6.07) is 0. The van der Waals surface area contributed by atoms with Crippen LogP contribution in [0.2, 0.25) is 5.15 Å². The number of hydrogen-bond acceptors (Lipinski definition) is 8. The third kappa shape index (κ3) is 4.25. The van der Waals surface area contributed by atoms with Gasteiger partial charge in [-0.05, 0) is 6.42 Å².